The predicted molar refractivity (Wildman–Crippen MR) is 116 cm³/mol. The molecule has 0 bridgehead atoms. The zero-order valence-electron chi connectivity index (χ0n) is 16.9. The Hall–Kier alpha value is -1.82. The van der Waals surface area contributed by atoms with Crippen LogP contribution in [0, 0.1) is 0 Å². The van der Waals surface area contributed by atoms with Crippen molar-refractivity contribution in [1.29, 1.82) is 0 Å². The minimum atomic E-state index is -0.443. The number of halogens is 1. The molecule has 1 unspecified atom stereocenters. The maximum atomic E-state index is 10.2. The van der Waals surface area contributed by atoms with Crippen LogP contribution in [0.4, 0.5) is 0 Å². The van der Waals surface area contributed by atoms with Crippen LogP contribution in [0.1, 0.15) is 29.5 Å². The molecule has 1 spiro atoms. The van der Waals surface area contributed by atoms with Crippen LogP contribution in [0.2, 0.25) is 0 Å². The molecule has 3 aliphatic rings. The van der Waals surface area contributed by atoms with Crippen molar-refractivity contribution in [3.63, 3.8) is 0 Å². The van der Waals surface area contributed by atoms with E-state index in [1.807, 2.05) is 12.1 Å². The summed E-state index contributed by atoms with van der Waals surface area (Å²) in [6.07, 6.45) is 5.33. The van der Waals surface area contributed by atoms with Crippen molar-refractivity contribution in [3.05, 3.63) is 69.7 Å². The van der Waals surface area contributed by atoms with Gasteiger partial charge in [-0.3, -0.25) is 0 Å². The van der Waals surface area contributed by atoms with Crippen molar-refractivity contribution in [2.75, 3.05) is 20.7 Å². The maximum Gasteiger partial charge on any atom is 0.166 e. The third-order valence-electron chi connectivity index (χ3n) is 6.89. The number of quaternary nitrogens is 1. The fourth-order valence-corrected chi connectivity index (χ4v) is 5.71. The molecule has 4 atom stereocenters. The summed E-state index contributed by atoms with van der Waals surface area (Å²) in [5, 5.41) is 10.2. The zero-order valence-corrected chi connectivity index (χ0v) is 18.5. The summed E-state index contributed by atoms with van der Waals surface area (Å²) < 4.78 is 14.1. The largest absolute Gasteiger partial charge is 0.493 e. The summed E-state index contributed by atoms with van der Waals surface area (Å²) in [5.74, 6) is 1.68. The van der Waals surface area contributed by atoms with Gasteiger partial charge in [0.15, 0.2) is 11.5 Å². The van der Waals surface area contributed by atoms with E-state index in [9.17, 15) is 5.11 Å². The molecule has 1 aliphatic carbocycles. The van der Waals surface area contributed by atoms with E-state index in [1.165, 1.54) is 16.7 Å². The van der Waals surface area contributed by atoms with Crippen molar-refractivity contribution in [1.82, 2.24) is 0 Å². The van der Waals surface area contributed by atoms with Gasteiger partial charge in [-0.05, 0) is 24.3 Å². The molecule has 1 N–H and O–H groups in total. The number of aliphatic hydroxyl groups is 1. The number of ether oxygens (including phenoxy) is 2. The van der Waals surface area contributed by atoms with Gasteiger partial charge in [-0.15, -0.1) is 0 Å². The lowest BCUT2D eigenvalue weighted by molar-refractivity contribution is -0.935. The Balaban J connectivity index is 1.59. The fourth-order valence-electron chi connectivity index (χ4n) is 5.44. The Morgan fingerprint density at radius 3 is 2.79 bits per heavy atom. The summed E-state index contributed by atoms with van der Waals surface area (Å²) in [4.78, 5) is 0. The van der Waals surface area contributed by atoms with E-state index in [0.29, 0.717) is 6.42 Å². The van der Waals surface area contributed by atoms with Gasteiger partial charge in [0.25, 0.3) is 0 Å². The Morgan fingerprint density at radius 1 is 1.24 bits per heavy atom. The predicted octanol–water partition coefficient (Wildman–Crippen LogP) is 4.33. The molecular weight excluding hydrogens is 430 g/mol. The van der Waals surface area contributed by atoms with E-state index in [4.69, 9.17) is 9.47 Å². The minimum Gasteiger partial charge on any atom is -0.493 e. The monoisotopic (exact) mass is 456 g/mol. The Kier molecular flexibility index (Phi) is 4.53. The molecule has 5 rings (SSSR count). The number of methoxy groups -OCH3 is 1. The standard InChI is InChI=1S/C24H27BrNO3/c1-26(14-16-3-6-18(25)7-4-16)12-11-24-10-9-19(27)13-21(24)29-23-20(28-2)8-5-17(15-26)22(23)24/h3-10,19,21,27H,11-15H2,1-2H3/q+1/t19-,21-,24-,26?/m0/s1. The maximum absolute atomic E-state index is 10.2. The molecule has 0 saturated heterocycles. The molecule has 29 heavy (non-hydrogen) atoms. The van der Waals surface area contributed by atoms with Gasteiger partial charge in [0.05, 0.1) is 32.2 Å². The molecule has 0 fully saturated rings. The first-order valence-electron chi connectivity index (χ1n) is 10.2. The molecule has 2 heterocycles. The number of hydrogen-bond acceptors (Lipinski definition) is 3. The highest BCUT2D eigenvalue weighted by atomic mass is 79.9. The lowest BCUT2D eigenvalue weighted by atomic mass is 9.69. The third-order valence-corrected chi connectivity index (χ3v) is 7.42. The van der Waals surface area contributed by atoms with Crippen molar-refractivity contribution >= 4 is 15.9 Å². The van der Waals surface area contributed by atoms with Crippen LogP contribution < -0.4 is 9.47 Å². The summed E-state index contributed by atoms with van der Waals surface area (Å²) in [6.45, 7) is 2.99. The number of rotatable bonds is 3. The van der Waals surface area contributed by atoms with Gasteiger partial charge < -0.3 is 19.1 Å². The summed E-state index contributed by atoms with van der Waals surface area (Å²) in [7, 11) is 4.05. The normalized spacial score (nSPS) is 32.1. The van der Waals surface area contributed by atoms with Gasteiger partial charge in [-0.25, -0.2) is 0 Å². The van der Waals surface area contributed by atoms with Crippen LogP contribution in [0.25, 0.3) is 0 Å². The van der Waals surface area contributed by atoms with Crippen molar-refractivity contribution in [3.8, 4) is 11.5 Å². The first-order valence-corrected chi connectivity index (χ1v) is 11.0. The molecule has 5 heteroatoms. The summed E-state index contributed by atoms with van der Waals surface area (Å²) in [6, 6.07) is 12.9. The van der Waals surface area contributed by atoms with Crippen LogP contribution >= 0.6 is 15.9 Å². The average molecular weight is 457 g/mol. The van der Waals surface area contributed by atoms with Crippen molar-refractivity contribution < 1.29 is 19.1 Å². The molecule has 0 aromatic heterocycles. The van der Waals surface area contributed by atoms with E-state index in [0.717, 1.165) is 46.5 Å². The molecule has 2 aliphatic heterocycles. The van der Waals surface area contributed by atoms with Gasteiger partial charge in [-0.1, -0.05) is 40.2 Å². The first kappa shape index (κ1) is 19.2. The van der Waals surface area contributed by atoms with E-state index >= 15 is 0 Å². The summed E-state index contributed by atoms with van der Waals surface area (Å²) in [5.41, 5.74) is 3.79. The molecule has 0 saturated carbocycles. The van der Waals surface area contributed by atoms with Crippen molar-refractivity contribution in [2.45, 2.75) is 43.6 Å². The smallest absolute Gasteiger partial charge is 0.166 e. The van der Waals surface area contributed by atoms with E-state index in [1.54, 1.807) is 7.11 Å². The molecule has 0 amide bonds. The zero-order chi connectivity index (χ0) is 20.2. The second-order valence-electron chi connectivity index (χ2n) is 8.98. The van der Waals surface area contributed by atoms with Gasteiger partial charge in [-0.2, -0.15) is 0 Å². The molecule has 152 valence electrons. The lowest BCUT2D eigenvalue weighted by Crippen LogP contribution is -2.46. The van der Waals surface area contributed by atoms with E-state index in [-0.39, 0.29) is 11.5 Å². The second-order valence-corrected chi connectivity index (χ2v) is 9.89. The lowest BCUT2D eigenvalue weighted by Gasteiger charge is -2.37. The van der Waals surface area contributed by atoms with Gasteiger partial charge >= 0.3 is 0 Å². The van der Waals surface area contributed by atoms with Crippen LogP contribution in [0.5, 0.6) is 11.5 Å². The third kappa shape index (κ3) is 3.11. The highest BCUT2D eigenvalue weighted by Gasteiger charge is 2.54. The Labute approximate surface area is 180 Å². The molecular formula is C24H27BrNO3+. The molecule has 0 radical (unpaired) electrons. The van der Waals surface area contributed by atoms with Crippen LogP contribution in [0.3, 0.4) is 0 Å². The van der Waals surface area contributed by atoms with Gasteiger partial charge in [0.2, 0.25) is 0 Å². The summed E-state index contributed by atoms with van der Waals surface area (Å²) >= 11 is 3.54. The highest BCUT2D eigenvalue weighted by molar-refractivity contribution is 9.10. The Bertz CT molecular complexity index is 973. The number of benzene rings is 2. The van der Waals surface area contributed by atoms with Gasteiger partial charge in [0.1, 0.15) is 19.2 Å². The fraction of sp³-hybridized carbons (Fsp3) is 0.417. The van der Waals surface area contributed by atoms with E-state index in [2.05, 4.69) is 59.4 Å². The number of aliphatic hydroxyl groups excluding tert-OH is 1. The van der Waals surface area contributed by atoms with Crippen molar-refractivity contribution in [2.24, 2.45) is 0 Å². The SMILES string of the molecule is COc1ccc2c3c1O[C@H]1C[C@@H](O)C=C[C@@]31CC[N+](C)(Cc1ccc(Br)cc1)C2. The van der Waals surface area contributed by atoms with Crippen LogP contribution in [-0.4, -0.2) is 42.5 Å². The topological polar surface area (TPSA) is 38.7 Å². The minimum absolute atomic E-state index is 0.0354. The second kappa shape index (κ2) is 6.86. The molecule has 2 aromatic rings. The first-order chi connectivity index (χ1) is 13.9. The number of hydrogen-bond donors (Lipinski definition) is 1. The van der Waals surface area contributed by atoms with Crippen LogP contribution in [-0.2, 0) is 18.5 Å². The average Bonchev–Trinajstić information content (AvgIpc) is 2.97. The number of nitrogens with zero attached hydrogens (tertiary/aromatic N) is 1. The van der Waals surface area contributed by atoms with Crippen LogP contribution in [0.15, 0.2) is 53.0 Å². The Morgan fingerprint density at radius 2 is 2.03 bits per heavy atom. The highest BCUT2D eigenvalue weighted by Crippen LogP contribution is 2.56. The van der Waals surface area contributed by atoms with Gasteiger partial charge in [0, 0.05) is 34.0 Å². The van der Waals surface area contributed by atoms with E-state index < -0.39 is 6.10 Å². The molecule has 4 nitrogen and oxygen atoms in total. The molecule has 2 aromatic carbocycles. The quantitative estimate of drug-likeness (QED) is 0.551.